The summed E-state index contributed by atoms with van der Waals surface area (Å²) >= 11 is 0. The molecule has 1 N–H and O–H groups in total. The molecule has 7 heteroatoms. The van der Waals surface area contributed by atoms with E-state index in [-0.39, 0.29) is 24.3 Å². The summed E-state index contributed by atoms with van der Waals surface area (Å²) in [6, 6.07) is 24.4. The predicted molar refractivity (Wildman–Crippen MR) is 159 cm³/mol. The summed E-state index contributed by atoms with van der Waals surface area (Å²) in [5, 5.41) is 1.07. The molecule has 7 nitrogen and oxygen atoms in total. The number of carbonyl (C=O) groups excluding carboxylic acids is 2. The van der Waals surface area contributed by atoms with E-state index < -0.39 is 5.54 Å². The van der Waals surface area contributed by atoms with Crippen molar-refractivity contribution in [2.45, 2.75) is 44.6 Å². The predicted octanol–water partition coefficient (Wildman–Crippen LogP) is 5.63. The molecule has 2 aliphatic heterocycles. The van der Waals surface area contributed by atoms with Crippen molar-refractivity contribution in [1.29, 1.82) is 0 Å². The second kappa shape index (κ2) is 11.0. The first kappa shape index (κ1) is 26.9. The van der Waals surface area contributed by atoms with Crippen molar-refractivity contribution < 1.29 is 19.1 Å². The molecule has 2 atom stereocenters. The van der Waals surface area contributed by atoms with Crippen LogP contribution in [-0.4, -0.2) is 59.9 Å². The summed E-state index contributed by atoms with van der Waals surface area (Å²) in [7, 11) is 1.65. The van der Waals surface area contributed by atoms with Crippen LogP contribution in [0.4, 0.5) is 0 Å². The fourth-order valence-corrected chi connectivity index (χ4v) is 6.51. The lowest BCUT2D eigenvalue weighted by atomic mass is 9.76. The largest absolute Gasteiger partial charge is 0.493 e. The minimum absolute atomic E-state index is 0.0303. The lowest BCUT2D eigenvalue weighted by molar-refractivity contribution is -0.166. The average molecular weight is 552 g/mol. The van der Waals surface area contributed by atoms with Crippen LogP contribution >= 0.6 is 0 Å². The van der Waals surface area contributed by atoms with E-state index in [2.05, 4.69) is 36.2 Å². The van der Waals surface area contributed by atoms with Gasteiger partial charge in [-0.2, -0.15) is 0 Å². The summed E-state index contributed by atoms with van der Waals surface area (Å²) in [6.07, 6.45) is 2.56. The third-order valence-electron chi connectivity index (χ3n) is 8.61. The van der Waals surface area contributed by atoms with Gasteiger partial charge in [-0.15, -0.1) is 0 Å². The van der Waals surface area contributed by atoms with Gasteiger partial charge in [0.2, 0.25) is 5.91 Å². The van der Waals surface area contributed by atoms with Crippen LogP contribution < -0.4 is 9.47 Å². The van der Waals surface area contributed by atoms with Crippen molar-refractivity contribution in [1.82, 2.24) is 14.8 Å². The van der Waals surface area contributed by atoms with Gasteiger partial charge >= 0.3 is 0 Å². The number of ether oxygens (including phenoxy) is 2. The number of hydrogen-bond donors (Lipinski definition) is 1. The third-order valence-corrected chi connectivity index (χ3v) is 8.61. The number of aromatic nitrogens is 1. The zero-order chi connectivity index (χ0) is 28.6. The molecule has 2 aliphatic rings. The molecule has 2 amide bonds. The van der Waals surface area contributed by atoms with Crippen molar-refractivity contribution in [2.75, 3.05) is 33.4 Å². The second-order valence-corrected chi connectivity index (χ2v) is 11.2. The van der Waals surface area contributed by atoms with Crippen LogP contribution in [0.2, 0.25) is 0 Å². The molecule has 0 radical (unpaired) electrons. The number of rotatable bonds is 9. The molecule has 1 fully saturated rings. The molecule has 3 heterocycles. The van der Waals surface area contributed by atoms with Crippen LogP contribution in [0, 0.1) is 0 Å². The van der Waals surface area contributed by atoms with Crippen molar-refractivity contribution in [3.63, 3.8) is 0 Å². The molecule has 3 aromatic carbocycles. The van der Waals surface area contributed by atoms with Gasteiger partial charge < -0.3 is 24.3 Å². The Morgan fingerprint density at radius 2 is 1.78 bits per heavy atom. The molecular formula is C34H37N3O4. The minimum atomic E-state index is -1.11. The number of fused-ring (bicyclic) bond motifs is 5. The maximum absolute atomic E-state index is 14.3. The number of methoxy groups -OCH3 is 1. The topological polar surface area (TPSA) is 74.9 Å². The molecule has 0 saturated carbocycles. The number of carbonyl (C=O) groups is 2. The summed E-state index contributed by atoms with van der Waals surface area (Å²) in [6.45, 7) is 5.63. The Morgan fingerprint density at radius 3 is 2.56 bits per heavy atom. The molecule has 0 aliphatic carbocycles. The molecule has 1 aromatic heterocycles. The number of hydrogen-bond acceptors (Lipinski definition) is 4. The highest BCUT2D eigenvalue weighted by molar-refractivity contribution is 6.01. The summed E-state index contributed by atoms with van der Waals surface area (Å²) < 4.78 is 11.6. The van der Waals surface area contributed by atoms with E-state index in [0.29, 0.717) is 31.2 Å². The van der Waals surface area contributed by atoms with Gasteiger partial charge in [-0.3, -0.25) is 9.59 Å². The number of nitrogens with one attached hydrogen (secondary N) is 1. The fourth-order valence-electron chi connectivity index (χ4n) is 6.51. The molecule has 41 heavy (non-hydrogen) atoms. The fraction of sp³-hybridized carbons (Fsp3) is 0.353. The van der Waals surface area contributed by atoms with E-state index in [1.807, 2.05) is 55.5 Å². The van der Waals surface area contributed by atoms with Crippen LogP contribution in [0.25, 0.3) is 10.9 Å². The molecule has 0 bridgehead atoms. The average Bonchev–Trinajstić information content (AvgIpc) is 3.40. The summed E-state index contributed by atoms with van der Waals surface area (Å²) in [5.74, 6) is 1.17. The molecule has 6 rings (SSSR count). The van der Waals surface area contributed by atoms with Gasteiger partial charge in [-0.1, -0.05) is 61.5 Å². The number of H-pyrrole nitrogens is 1. The molecule has 0 unspecified atom stereocenters. The SMILES string of the molecule is CCCOc1ccc([C@H]2CN3C(=O)CN(CCCc4ccccc4)C(=O)[C@]3(C)c3[nH]c4ccccc4c32)cc1OC. The number of para-hydroxylation sites is 1. The van der Waals surface area contributed by atoms with Crippen molar-refractivity contribution >= 4 is 22.7 Å². The van der Waals surface area contributed by atoms with Gasteiger partial charge in [0.15, 0.2) is 17.0 Å². The maximum Gasteiger partial charge on any atom is 0.254 e. The number of amides is 2. The Morgan fingerprint density at radius 1 is 1.00 bits per heavy atom. The number of nitrogens with zero attached hydrogens (tertiary/aromatic N) is 2. The Labute approximate surface area is 241 Å². The number of aromatic amines is 1. The summed E-state index contributed by atoms with van der Waals surface area (Å²) in [5.41, 5.74) is 3.96. The van der Waals surface area contributed by atoms with E-state index >= 15 is 0 Å². The highest BCUT2D eigenvalue weighted by atomic mass is 16.5. The molecular weight excluding hydrogens is 514 g/mol. The van der Waals surface area contributed by atoms with Crippen LogP contribution in [0.3, 0.4) is 0 Å². The first-order valence-electron chi connectivity index (χ1n) is 14.5. The monoisotopic (exact) mass is 551 g/mol. The van der Waals surface area contributed by atoms with Crippen molar-refractivity contribution in [2.24, 2.45) is 0 Å². The molecule has 4 aromatic rings. The maximum atomic E-state index is 14.3. The third kappa shape index (κ3) is 4.63. The van der Waals surface area contributed by atoms with Gasteiger partial charge in [-0.25, -0.2) is 0 Å². The first-order chi connectivity index (χ1) is 20.0. The number of piperazine rings is 1. The highest BCUT2D eigenvalue weighted by Gasteiger charge is 2.56. The van der Waals surface area contributed by atoms with E-state index in [1.54, 1.807) is 16.9 Å². The zero-order valence-corrected chi connectivity index (χ0v) is 24.0. The zero-order valence-electron chi connectivity index (χ0n) is 24.0. The Hall–Kier alpha value is -4.26. The lowest BCUT2D eigenvalue weighted by Crippen LogP contribution is -2.67. The van der Waals surface area contributed by atoms with E-state index in [1.165, 1.54) is 5.56 Å². The number of aryl methyl sites for hydroxylation is 1. The van der Waals surface area contributed by atoms with E-state index in [0.717, 1.165) is 47.0 Å². The Kier molecular flexibility index (Phi) is 7.20. The molecule has 0 spiro atoms. The molecule has 1 saturated heterocycles. The smallest absolute Gasteiger partial charge is 0.254 e. The summed E-state index contributed by atoms with van der Waals surface area (Å²) in [4.78, 5) is 35.2. The van der Waals surface area contributed by atoms with Crippen LogP contribution in [0.15, 0.2) is 72.8 Å². The normalized spacial score (nSPS) is 20.2. The Balaban J connectivity index is 1.38. The highest BCUT2D eigenvalue weighted by Crippen LogP contribution is 2.49. The van der Waals surface area contributed by atoms with Gasteiger partial charge in [-0.05, 0) is 61.1 Å². The lowest BCUT2D eigenvalue weighted by Gasteiger charge is -2.51. The van der Waals surface area contributed by atoms with Crippen LogP contribution in [-0.2, 0) is 21.5 Å². The first-order valence-corrected chi connectivity index (χ1v) is 14.5. The quantitative estimate of drug-likeness (QED) is 0.293. The van der Waals surface area contributed by atoms with Crippen molar-refractivity contribution in [3.8, 4) is 11.5 Å². The minimum Gasteiger partial charge on any atom is -0.493 e. The Bertz CT molecular complexity index is 1580. The van der Waals surface area contributed by atoms with Gasteiger partial charge in [0.1, 0.15) is 0 Å². The van der Waals surface area contributed by atoms with Gasteiger partial charge in [0.25, 0.3) is 5.91 Å². The van der Waals surface area contributed by atoms with Crippen molar-refractivity contribution in [3.05, 3.63) is 95.2 Å². The van der Waals surface area contributed by atoms with E-state index in [9.17, 15) is 9.59 Å². The standard InChI is InChI=1S/C34H37N3O4/c1-4-19-41-28-17-16-24(20-29(28)40-3)26-21-37-30(38)22-36(18-10-13-23-11-6-5-7-12-23)33(39)34(37,2)32-31(26)25-14-8-9-15-27(25)35-32/h5-9,11-12,14-17,20,26,35H,4,10,13,18-19,21-22H2,1-3H3/t26-,34+/m1/s1. The van der Waals surface area contributed by atoms with Crippen LogP contribution in [0.5, 0.6) is 11.5 Å². The van der Waals surface area contributed by atoms with Crippen LogP contribution in [0.1, 0.15) is 55.0 Å². The van der Waals surface area contributed by atoms with Gasteiger partial charge in [0.05, 0.1) is 26.0 Å². The van der Waals surface area contributed by atoms with E-state index in [4.69, 9.17) is 9.47 Å². The molecule has 212 valence electrons. The van der Waals surface area contributed by atoms with Gasteiger partial charge in [0, 0.05) is 29.9 Å². The number of benzene rings is 3. The second-order valence-electron chi connectivity index (χ2n) is 11.2.